The molecule has 4 amide bonds. The molecule has 3 saturated heterocycles. The Morgan fingerprint density at radius 2 is 1.75 bits per heavy atom. The van der Waals surface area contributed by atoms with Gasteiger partial charge in [-0.05, 0) is 49.1 Å². The van der Waals surface area contributed by atoms with Gasteiger partial charge < -0.3 is 25.2 Å². The highest BCUT2D eigenvalue weighted by molar-refractivity contribution is 5.99. The van der Waals surface area contributed by atoms with E-state index in [-0.39, 0.29) is 56.1 Å². The van der Waals surface area contributed by atoms with E-state index in [1.54, 1.807) is 0 Å². The molecule has 0 radical (unpaired) electrons. The molecule has 0 bridgehead atoms. The Balaban J connectivity index is 1.29. The third-order valence-corrected chi connectivity index (χ3v) is 7.15. The minimum absolute atomic E-state index is 0.00688. The van der Waals surface area contributed by atoms with Crippen molar-refractivity contribution >= 4 is 29.6 Å². The van der Waals surface area contributed by atoms with Crippen LogP contribution >= 0.6 is 0 Å². The molecule has 2 aromatic rings. The molecule has 0 aromatic heterocycles. The van der Waals surface area contributed by atoms with Crippen molar-refractivity contribution in [2.24, 2.45) is 0 Å². The lowest BCUT2D eigenvalue weighted by molar-refractivity contribution is -0.177. The highest BCUT2D eigenvalue weighted by Gasteiger charge is 2.46. The predicted octanol–water partition coefficient (Wildman–Crippen LogP) is 0.994. The monoisotopic (exact) mass is 550 g/mol. The number of hydrogen-bond donors (Lipinski definition) is 3. The molecule has 0 aliphatic carbocycles. The lowest BCUT2D eigenvalue weighted by atomic mass is 10.0. The molecule has 3 aliphatic heterocycles. The van der Waals surface area contributed by atoms with E-state index in [1.807, 2.05) is 30.3 Å². The molecule has 40 heavy (non-hydrogen) atoms. The van der Waals surface area contributed by atoms with E-state index in [0.29, 0.717) is 6.42 Å². The molecule has 3 N–H and O–H groups in total. The molecule has 210 valence electrons. The summed E-state index contributed by atoms with van der Waals surface area (Å²) in [7, 11) is 0. The van der Waals surface area contributed by atoms with Crippen LogP contribution in [-0.4, -0.2) is 75.7 Å². The van der Waals surface area contributed by atoms with Crippen molar-refractivity contribution < 1.29 is 38.6 Å². The van der Waals surface area contributed by atoms with E-state index in [0.717, 1.165) is 10.6 Å². The van der Waals surface area contributed by atoms with Gasteiger partial charge in [0.05, 0.1) is 13.0 Å². The van der Waals surface area contributed by atoms with Crippen molar-refractivity contribution in [3.05, 3.63) is 65.7 Å². The summed E-state index contributed by atoms with van der Waals surface area (Å²) in [6.07, 6.45) is -0.237. The molecule has 1 unspecified atom stereocenters. The summed E-state index contributed by atoms with van der Waals surface area (Å²) in [4.78, 5) is 65.0. The second-order valence-electron chi connectivity index (χ2n) is 9.94. The van der Waals surface area contributed by atoms with E-state index in [2.05, 4.69) is 10.6 Å². The van der Waals surface area contributed by atoms with Crippen molar-refractivity contribution in [3.8, 4) is 5.75 Å². The number of carbonyl (C=O) groups is 5. The fraction of sp³-hybridized carbons (Fsp3) is 0.393. The van der Waals surface area contributed by atoms with Crippen molar-refractivity contribution in [3.63, 3.8) is 0 Å². The maximum atomic E-state index is 13.7. The molecule has 12 heteroatoms. The smallest absolute Gasteiger partial charge is 0.310 e. The van der Waals surface area contributed by atoms with Crippen LogP contribution in [-0.2, 0) is 35.3 Å². The summed E-state index contributed by atoms with van der Waals surface area (Å²) in [5.74, 6) is -2.52. The first-order valence-corrected chi connectivity index (χ1v) is 13.2. The second-order valence-corrected chi connectivity index (χ2v) is 9.94. The summed E-state index contributed by atoms with van der Waals surface area (Å²) >= 11 is 0. The number of hydrogen-bond acceptors (Lipinski definition) is 8. The van der Waals surface area contributed by atoms with Gasteiger partial charge in [-0.1, -0.05) is 30.3 Å². The van der Waals surface area contributed by atoms with Gasteiger partial charge in [-0.25, -0.2) is 5.01 Å². The second kappa shape index (κ2) is 11.7. The summed E-state index contributed by atoms with van der Waals surface area (Å²) in [6.45, 7) is 0.435. The number of carbonyl (C=O) groups excluding carboxylic acids is 5. The quantitative estimate of drug-likeness (QED) is 0.432. The number of hydrazine groups is 1. The molecule has 3 heterocycles. The molecule has 0 saturated carbocycles. The zero-order chi connectivity index (χ0) is 28.2. The first kappa shape index (κ1) is 27.1. The highest BCUT2D eigenvalue weighted by Crippen LogP contribution is 2.26. The molecule has 3 fully saturated rings. The zero-order valence-corrected chi connectivity index (χ0v) is 21.7. The number of phenols is 1. The molecule has 12 nitrogen and oxygen atoms in total. The van der Waals surface area contributed by atoms with Crippen molar-refractivity contribution in [2.75, 3.05) is 6.54 Å². The molecular formula is C28H30N4O8. The van der Waals surface area contributed by atoms with Crippen LogP contribution in [0.5, 0.6) is 5.75 Å². The Bertz CT molecular complexity index is 1280. The summed E-state index contributed by atoms with van der Waals surface area (Å²) < 4.78 is 11.0. The number of benzene rings is 2. The maximum absolute atomic E-state index is 13.7. The van der Waals surface area contributed by atoms with Gasteiger partial charge in [0.1, 0.15) is 23.9 Å². The third-order valence-electron chi connectivity index (χ3n) is 7.15. The first-order chi connectivity index (χ1) is 19.3. The molecule has 4 atom stereocenters. The van der Waals surface area contributed by atoms with Gasteiger partial charge in [0.2, 0.25) is 18.1 Å². The number of nitrogens with zero attached hydrogens (tertiary/aromatic N) is 2. The van der Waals surface area contributed by atoms with Crippen LogP contribution < -0.4 is 10.6 Å². The van der Waals surface area contributed by atoms with Gasteiger partial charge in [-0.15, -0.1) is 0 Å². The van der Waals surface area contributed by atoms with Gasteiger partial charge in [0.15, 0.2) is 0 Å². The van der Waals surface area contributed by atoms with Crippen LogP contribution in [0.15, 0.2) is 54.6 Å². The number of esters is 1. The SMILES string of the molecule is O=C1C[C@H](NC(=O)[C@@H]2CCCN3C(=O)CC[C@H](NC(=O)c4ccc(O)cc4)C(=O)N23)C(OCc2ccccc2)O1. The fourth-order valence-electron chi connectivity index (χ4n) is 5.10. The molecule has 0 spiro atoms. The zero-order valence-electron chi connectivity index (χ0n) is 21.7. The van der Waals surface area contributed by atoms with E-state index in [9.17, 15) is 29.1 Å². The lowest BCUT2D eigenvalue weighted by Crippen LogP contribution is -2.64. The maximum Gasteiger partial charge on any atom is 0.310 e. The number of cyclic esters (lactones) is 1. The van der Waals surface area contributed by atoms with E-state index in [1.165, 1.54) is 29.3 Å². The number of nitrogens with one attached hydrogen (secondary N) is 2. The third kappa shape index (κ3) is 5.91. The summed E-state index contributed by atoms with van der Waals surface area (Å²) in [6, 6.07) is 12.0. The van der Waals surface area contributed by atoms with Gasteiger partial charge in [0.25, 0.3) is 11.8 Å². The van der Waals surface area contributed by atoms with Crippen LogP contribution in [0.3, 0.4) is 0 Å². The fourth-order valence-corrected chi connectivity index (χ4v) is 5.10. The minimum atomic E-state index is -1.04. The number of aromatic hydroxyl groups is 1. The number of ether oxygens (including phenoxy) is 2. The van der Waals surface area contributed by atoms with Crippen LogP contribution in [0.1, 0.15) is 48.0 Å². The average molecular weight is 551 g/mol. The Labute approximate surface area is 230 Å². The van der Waals surface area contributed by atoms with Crippen LogP contribution in [0.25, 0.3) is 0 Å². The Morgan fingerprint density at radius 1 is 1.00 bits per heavy atom. The summed E-state index contributed by atoms with van der Waals surface area (Å²) in [5.41, 5.74) is 1.10. The number of rotatable bonds is 7. The van der Waals surface area contributed by atoms with Crippen molar-refractivity contribution in [1.29, 1.82) is 0 Å². The lowest BCUT2D eigenvalue weighted by Gasteiger charge is -2.43. The topological polar surface area (TPSA) is 155 Å². The molecule has 2 aromatic carbocycles. The standard InChI is InChI=1S/C28H30N4O8/c33-19-10-8-18(9-11-19)25(36)29-20-12-13-23(34)31-14-4-7-22(32(31)27(20)38)26(37)30-21-15-24(35)40-28(21)39-16-17-5-2-1-3-6-17/h1-3,5-6,8-11,20-22,28,33H,4,7,12-16H2,(H,29,36)(H,30,37)/t20-,21-,22-,28?/m0/s1. The Kier molecular flexibility index (Phi) is 7.96. The van der Waals surface area contributed by atoms with Gasteiger partial charge in [0, 0.05) is 18.5 Å². The van der Waals surface area contributed by atoms with Crippen LogP contribution in [0.4, 0.5) is 0 Å². The number of fused-ring (bicyclic) bond motifs is 1. The molecule has 5 rings (SSSR count). The predicted molar refractivity (Wildman–Crippen MR) is 138 cm³/mol. The normalized spacial score (nSPS) is 24.6. The van der Waals surface area contributed by atoms with E-state index in [4.69, 9.17) is 9.47 Å². The molecular weight excluding hydrogens is 520 g/mol. The van der Waals surface area contributed by atoms with Crippen LogP contribution in [0.2, 0.25) is 0 Å². The summed E-state index contributed by atoms with van der Waals surface area (Å²) in [5, 5.41) is 17.4. The first-order valence-electron chi connectivity index (χ1n) is 13.2. The molecule has 3 aliphatic rings. The van der Waals surface area contributed by atoms with Gasteiger partial charge >= 0.3 is 5.97 Å². The van der Waals surface area contributed by atoms with E-state index >= 15 is 0 Å². The van der Waals surface area contributed by atoms with Crippen molar-refractivity contribution in [2.45, 2.75) is 63.1 Å². The largest absolute Gasteiger partial charge is 0.508 e. The minimum Gasteiger partial charge on any atom is -0.508 e. The Hall–Kier alpha value is -4.45. The van der Waals surface area contributed by atoms with E-state index < -0.39 is 48.1 Å². The van der Waals surface area contributed by atoms with Crippen LogP contribution in [0, 0.1) is 0 Å². The number of amides is 4. The number of phenolic OH excluding ortho intramolecular Hbond substituents is 1. The van der Waals surface area contributed by atoms with Gasteiger partial charge in [-0.3, -0.25) is 29.0 Å². The Morgan fingerprint density at radius 3 is 2.50 bits per heavy atom. The average Bonchev–Trinajstić information content (AvgIpc) is 3.26. The van der Waals surface area contributed by atoms with Gasteiger partial charge in [-0.2, -0.15) is 0 Å². The highest BCUT2D eigenvalue weighted by atomic mass is 16.7. The van der Waals surface area contributed by atoms with Crippen molar-refractivity contribution in [1.82, 2.24) is 20.7 Å².